The van der Waals surface area contributed by atoms with Gasteiger partial charge in [-0.15, -0.1) is 11.3 Å². The third-order valence-electron chi connectivity index (χ3n) is 3.35. The SMILES string of the molecule is CNCCN(C)C(=O)Cc1csc(NC(=O)c2ccccc2F)n1. The standard InChI is InChI=1S/C16H19FN4O2S/c1-18-7-8-21(2)14(22)9-11-10-24-16(19-11)20-15(23)12-5-3-4-6-13(12)17/h3-6,10,18H,7-9H2,1-2H3,(H,19,20,23). The molecule has 0 aliphatic carbocycles. The minimum absolute atomic E-state index is 0.0443. The Balaban J connectivity index is 1.95. The van der Waals surface area contributed by atoms with Crippen molar-refractivity contribution in [1.82, 2.24) is 15.2 Å². The number of nitrogens with one attached hydrogen (secondary N) is 2. The maximum absolute atomic E-state index is 13.6. The van der Waals surface area contributed by atoms with Crippen LogP contribution in [0.4, 0.5) is 9.52 Å². The summed E-state index contributed by atoms with van der Waals surface area (Å²) in [6.07, 6.45) is 0.159. The Morgan fingerprint density at radius 1 is 1.33 bits per heavy atom. The van der Waals surface area contributed by atoms with E-state index in [1.807, 2.05) is 7.05 Å². The number of carbonyl (C=O) groups is 2. The average Bonchev–Trinajstić information content (AvgIpc) is 2.99. The number of anilines is 1. The van der Waals surface area contributed by atoms with Gasteiger partial charge >= 0.3 is 0 Å². The smallest absolute Gasteiger partial charge is 0.260 e. The Morgan fingerprint density at radius 3 is 2.79 bits per heavy atom. The van der Waals surface area contributed by atoms with Crippen molar-refractivity contribution < 1.29 is 14.0 Å². The highest BCUT2D eigenvalue weighted by Gasteiger charge is 2.15. The van der Waals surface area contributed by atoms with E-state index >= 15 is 0 Å². The van der Waals surface area contributed by atoms with Gasteiger partial charge in [-0.3, -0.25) is 14.9 Å². The molecule has 0 saturated carbocycles. The van der Waals surface area contributed by atoms with E-state index in [0.717, 1.165) is 0 Å². The van der Waals surface area contributed by atoms with Crippen LogP contribution in [-0.4, -0.2) is 48.9 Å². The molecular weight excluding hydrogens is 331 g/mol. The molecule has 2 rings (SSSR count). The van der Waals surface area contributed by atoms with Crippen LogP contribution in [0.3, 0.4) is 0 Å². The highest BCUT2D eigenvalue weighted by molar-refractivity contribution is 7.14. The summed E-state index contributed by atoms with van der Waals surface area (Å²) >= 11 is 1.20. The van der Waals surface area contributed by atoms with Crippen LogP contribution in [0.5, 0.6) is 0 Å². The fourth-order valence-corrected chi connectivity index (χ4v) is 2.65. The van der Waals surface area contributed by atoms with Gasteiger partial charge in [0.25, 0.3) is 5.91 Å². The number of nitrogens with zero attached hydrogens (tertiary/aromatic N) is 2. The fourth-order valence-electron chi connectivity index (χ4n) is 1.95. The number of hydrogen-bond donors (Lipinski definition) is 2. The maximum atomic E-state index is 13.6. The van der Waals surface area contributed by atoms with E-state index in [1.165, 1.54) is 29.5 Å². The van der Waals surface area contributed by atoms with Gasteiger partial charge in [0.05, 0.1) is 17.7 Å². The van der Waals surface area contributed by atoms with Crippen molar-refractivity contribution >= 4 is 28.3 Å². The first-order chi connectivity index (χ1) is 11.5. The van der Waals surface area contributed by atoms with E-state index in [-0.39, 0.29) is 17.9 Å². The van der Waals surface area contributed by atoms with Gasteiger partial charge in [-0.2, -0.15) is 0 Å². The lowest BCUT2D eigenvalue weighted by Gasteiger charge is -2.15. The van der Waals surface area contributed by atoms with Gasteiger partial charge in [-0.1, -0.05) is 12.1 Å². The zero-order chi connectivity index (χ0) is 17.5. The fraction of sp³-hybridized carbons (Fsp3) is 0.312. The number of aromatic nitrogens is 1. The molecule has 6 nitrogen and oxygen atoms in total. The second kappa shape index (κ2) is 8.51. The summed E-state index contributed by atoms with van der Waals surface area (Å²) in [5.41, 5.74) is 0.530. The number of amides is 2. The molecule has 1 aromatic carbocycles. The number of rotatable bonds is 7. The molecule has 0 bridgehead atoms. The molecular formula is C16H19FN4O2S. The van der Waals surface area contributed by atoms with Gasteiger partial charge < -0.3 is 10.2 Å². The van der Waals surface area contributed by atoms with Crippen LogP contribution in [0.1, 0.15) is 16.1 Å². The van der Waals surface area contributed by atoms with E-state index in [9.17, 15) is 14.0 Å². The molecule has 2 aromatic rings. The molecule has 128 valence electrons. The number of hydrogen-bond acceptors (Lipinski definition) is 5. The van der Waals surface area contributed by atoms with Gasteiger partial charge in [0.15, 0.2) is 5.13 Å². The molecule has 0 atom stereocenters. The highest BCUT2D eigenvalue weighted by atomic mass is 32.1. The Bertz CT molecular complexity index is 720. The Morgan fingerprint density at radius 2 is 2.08 bits per heavy atom. The average molecular weight is 350 g/mol. The number of halogens is 1. The summed E-state index contributed by atoms with van der Waals surface area (Å²) in [5, 5.41) is 7.57. The van der Waals surface area contributed by atoms with E-state index in [2.05, 4.69) is 15.6 Å². The normalized spacial score (nSPS) is 10.5. The Labute approximate surface area is 143 Å². The molecule has 0 spiro atoms. The lowest BCUT2D eigenvalue weighted by molar-refractivity contribution is -0.129. The molecule has 0 radical (unpaired) electrons. The van der Waals surface area contributed by atoms with Crippen LogP contribution in [0, 0.1) is 5.82 Å². The Hall–Kier alpha value is -2.32. The van der Waals surface area contributed by atoms with Gasteiger partial charge in [-0.25, -0.2) is 9.37 Å². The van der Waals surface area contributed by atoms with Crippen LogP contribution in [0.25, 0.3) is 0 Å². The van der Waals surface area contributed by atoms with Crippen molar-refractivity contribution in [2.24, 2.45) is 0 Å². The second-order valence-corrected chi connectivity index (χ2v) is 6.03. The van der Waals surface area contributed by atoms with Crippen LogP contribution < -0.4 is 10.6 Å². The van der Waals surface area contributed by atoms with Gasteiger partial charge in [0.1, 0.15) is 5.82 Å². The first-order valence-electron chi connectivity index (χ1n) is 7.40. The number of likely N-dealkylation sites (N-methyl/N-ethyl adjacent to an activating group) is 2. The van der Waals surface area contributed by atoms with Crippen LogP contribution in [0.2, 0.25) is 0 Å². The van der Waals surface area contributed by atoms with Crippen molar-refractivity contribution in [2.45, 2.75) is 6.42 Å². The van der Waals surface area contributed by atoms with Crippen molar-refractivity contribution in [3.63, 3.8) is 0 Å². The van der Waals surface area contributed by atoms with E-state index in [1.54, 1.807) is 23.4 Å². The first-order valence-corrected chi connectivity index (χ1v) is 8.28. The molecule has 24 heavy (non-hydrogen) atoms. The monoisotopic (exact) mass is 350 g/mol. The third kappa shape index (κ3) is 4.84. The molecule has 0 aliphatic rings. The summed E-state index contributed by atoms with van der Waals surface area (Å²) in [4.78, 5) is 29.9. The molecule has 8 heteroatoms. The van der Waals surface area contributed by atoms with Crippen LogP contribution in [0.15, 0.2) is 29.6 Å². The third-order valence-corrected chi connectivity index (χ3v) is 4.15. The van der Waals surface area contributed by atoms with Crippen molar-refractivity contribution in [2.75, 3.05) is 32.5 Å². The van der Waals surface area contributed by atoms with Crippen molar-refractivity contribution in [1.29, 1.82) is 0 Å². The molecule has 2 N–H and O–H groups in total. The lowest BCUT2D eigenvalue weighted by Crippen LogP contribution is -2.33. The topological polar surface area (TPSA) is 74.3 Å². The first kappa shape index (κ1) is 18.0. The summed E-state index contributed by atoms with van der Waals surface area (Å²) in [5.74, 6) is -1.21. The van der Waals surface area contributed by atoms with E-state index in [4.69, 9.17) is 0 Å². The second-order valence-electron chi connectivity index (χ2n) is 5.17. The van der Waals surface area contributed by atoms with Crippen molar-refractivity contribution in [3.05, 3.63) is 46.7 Å². The molecule has 2 amide bonds. The quantitative estimate of drug-likeness (QED) is 0.798. The molecule has 1 heterocycles. The minimum atomic E-state index is -0.590. The van der Waals surface area contributed by atoms with Crippen molar-refractivity contribution in [3.8, 4) is 0 Å². The van der Waals surface area contributed by atoms with E-state index < -0.39 is 11.7 Å². The molecule has 1 aromatic heterocycles. The molecule has 0 fully saturated rings. The van der Waals surface area contributed by atoms with Gasteiger partial charge in [0.2, 0.25) is 5.91 Å². The van der Waals surface area contributed by atoms with E-state index in [0.29, 0.717) is 23.9 Å². The molecule has 0 saturated heterocycles. The molecule has 0 aliphatic heterocycles. The Kier molecular flexibility index (Phi) is 6.39. The lowest BCUT2D eigenvalue weighted by atomic mass is 10.2. The van der Waals surface area contributed by atoms with Crippen LogP contribution in [-0.2, 0) is 11.2 Å². The molecule has 0 unspecified atom stereocenters. The van der Waals surface area contributed by atoms with Gasteiger partial charge in [0, 0.05) is 25.5 Å². The summed E-state index contributed by atoms with van der Waals surface area (Å²) in [6, 6.07) is 5.73. The summed E-state index contributed by atoms with van der Waals surface area (Å²) in [6.45, 7) is 1.32. The number of carbonyl (C=O) groups excluding carboxylic acids is 2. The minimum Gasteiger partial charge on any atom is -0.344 e. The summed E-state index contributed by atoms with van der Waals surface area (Å²) in [7, 11) is 3.55. The van der Waals surface area contributed by atoms with Gasteiger partial charge in [-0.05, 0) is 19.2 Å². The largest absolute Gasteiger partial charge is 0.344 e. The zero-order valence-corrected chi connectivity index (χ0v) is 14.3. The maximum Gasteiger partial charge on any atom is 0.260 e. The number of thiazole rings is 1. The highest BCUT2D eigenvalue weighted by Crippen LogP contribution is 2.18. The van der Waals surface area contributed by atoms with Crippen LogP contribution >= 0.6 is 11.3 Å². The summed E-state index contributed by atoms with van der Waals surface area (Å²) < 4.78 is 13.6. The predicted octanol–water partition coefficient (Wildman–Crippen LogP) is 1.75. The predicted molar refractivity (Wildman–Crippen MR) is 91.7 cm³/mol. The zero-order valence-electron chi connectivity index (χ0n) is 13.5. The number of benzene rings is 1.